The van der Waals surface area contributed by atoms with Crippen molar-refractivity contribution in [2.24, 2.45) is 5.92 Å². The number of anilines is 2. The number of nitrogens with one attached hydrogen (secondary N) is 2. The zero-order chi connectivity index (χ0) is 23.7. The minimum atomic E-state index is -0.375. The molecule has 0 fully saturated rings. The van der Waals surface area contributed by atoms with Crippen LogP contribution < -0.4 is 24.8 Å². The number of Topliss-reactive ketones (excluding diaryl/α,β-unsaturated/α-hetero) is 1. The fourth-order valence-corrected chi connectivity index (χ4v) is 4.98. The van der Waals surface area contributed by atoms with Gasteiger partial charge in [0.25, 0.3) is 0 Å². The summed E-state index contributed by atoms with van der Waals surface area (Å²) in [7, 11) is 4.90. The number of carbonyl (C=O) groups excluding carboxylic acids is 1. The molecule has 0 radical (unpaired) electrons. The minimum absolute atomic E-state index is 0.0744. The Morgan fingerprint density at radius 2 is 1.50 bits per heavy atom. The predicted molar refractivity (Wildman–Crippen MR) is 133 cm³/mol. The Balaban J connectivity index is 1.62. The van der Waals surface area contributed by atoms with Gasteiger partial charge in [-0.15, -0.1) is 0 Å². The Morgan fingerprint density at radius 1 is 0.794 bits per heavy atom. The molecule has 6 heteroatoms. The molecule has 3 unspecified atom stereocenters. The zero-order valence-electron chi connectivity index (χ0n) is 19.5. The van der Waals surface area contributed by atoms with Crippen LogP contribution in [0, 0.1) is 5.92 Å². The highest BCUT2D eigenvalue weighted by atomic mass is 16.5. The van der Waals surface area contributed by atoms with Crippen LogP contribution in [0.1, 0.15) is 29.5 Å². The van der Waals surface area contributed by atoms with Crippen molar-refractivity contribution in [1.82, 2.24) is 0 Å². The van der Waals surface area contributed by atoms with Crippen LogP contribution in [0.5, 0.6) is 17.2 Å². The Kier molecular flexibility index (Phi) is 5.88. The van der Waals surface area contributed by atoms with E-state index in [4.69, 9.17) is 14.2 Å². The quantitative estimate of drug-likeness (QED) is 0.525. The molecule has 3 aromatic carbocycles. The van der Waals surface area contributed by atoms with Gasteiger partial charge in [0.1, 0.15) is 11.5 Å². The van der Waals surface area contributed by atoms with E-state index in [1.165, 1.54) is 0 Å². The fraction of sp³-hybridized carbons (Fsp3) is 0.250. The molecule has 5 rings (SSSR count). The van der Waals surface area contributed by atoms with Crippen molar-refractivity contribution in [2.45, 2.75) is 18.4 Å². The lowest BCUT2D eigenvalue weighted by Crippen LogP contribution is -2.34. The van der Waals surface area contributed by atoms with Crippen molar-refractivity contribution in [1.29, 1.82) is 0 Å². The summed E-state index contributed by atoms with van der Waals surface area (Å²) in [5, 5.41) is 7.19. The third-order valence-corrected chi connectivity index (χ3v) is 6.64. The van der Waals surface area contributed by atoms with Gasteiger partial charge in [0.05, 0.1) is 44.7 Å². The predicted octanol–water partition coefficient (Wildman–Crippen LogP) is 5.55. The molecule has 0 saturated carbocycles. The molecule has 0 amide bonds. The standard InChI is InChI=1S/C28H28N2O4/c1-32-24-11-7-4-8-19(24)28-27-22(29-20-9-5-6-10-21(20)30-28)14-18(15-23(27)31)17-12-13-25(33-2)26(16-17)34-3/h4-14,16,18,27-30H,15H2,1-3H3. The van der Waals surface area contributed by atoms with Crippen LogP contribution in [0.2, 0.25) is 0 Å². The first kappa shape index (κ1) is 21.9. The lowest BCUT2D eigenvalue weighted by atomic mass is 9.76. The van der Waals surface area contributed by atoms with Crippen molar-refractivity contribution in [3.63, 3.8) is 0 Å². The van der Waals surface area contributed by atoms with Gasteiger partial charge in [-0.05, 0) is 35.9 Å². The highest BCUT2D eigenvalue weighted by Crippen LogP contribution is 2.46. The number of carbonyl (C=O) groups is 1. The van der Waals surface area contributed by atoms with Crippen molar-refractivity contribution in [2.75, 3.05) is 32.0 Å². The summed E-state index contributed by atoms with van der Waals surface area (Å²) in [4.78, 5) is 13.8. The van der Waals surface area contributed by atoms with E-state index in [0.29, 0.717) is 17.9 Å². The molecule has 34 heavy (non-hydrogen) atoms. The molecule has 6 nitrogen and oxygen atoms in total. The fourth-order valence-electron chi connectivity index (χ4n) is 4.98. The smallest absolute Gasteiger partial charge is 0.161 e. The summed E-state index contributed by atoms with van der Waals surface area (Å²) in [6, 6.07) is 21.5. The average molecular weight is 457 g/mol. The SMILES string of the molecule is COc1ccc(C2C=C3Nc4ccccc4NC(c4ccccc4OC)C3C(=O)C2)cc1OC. The normalized spacial score (nSPS) is 21.1. The summed E-state index contributed by atoms with van der Waals surface area (Å²) in [5.74, 6) is 1.80. The number of para-hydroxylation sites is 3. The third kappa shape index (κ3) is 3.85. The number of hydrogen-bond acceptors (Lipinski definition) is 6. The number of allylic oxidation sites excluding steroid dienone is 1. The van der Waals surface area contributed by atoms with E-state index in [2.05, 4.69) is 16.7 Å². The monoisotopic (exact) mass is 456 g/mol. The van der Waals surface area contributed by atoms with Crippen LogP contribution in [-0.2, 0) is 4.79 Å². The van der Waals surface area contributed by atoms with Crippen LogP contribution in [0.3, 0.4) is 0 Å². The molecular weight excluding hydrogens is 428 g/mol. The van der Waals surface area contributed by atoms with Gasteiger partial charge in [0.15, 0.2) is 11.5 Å². The molecule has 2 aliphatic rings. The maximum atomic E-state index is 13.8. The number of benzene rings is 3. The van der Waals surface area contributed by atoms with E-state index in [9.17, 15) is 4.79 Å². The minimum Gasteiger partial charge on any atom is -0.496 e. The molecule has 2 N–H and O–H groups in total. The lowest BCUT2D eigenvalue weighted by molar-refractivity contribution is -0.122. The number of ether oxygens (including phenoxy) is 3. The maximum absolute atomic E-state index is 13.8. The van der Waals surface area contributed by atoms with E-state index in [0.717, 1.165) is 33.9 Å². The summed E-state index contributed by atoms with van der Waals surface area (Å²) in [5.41, 5.74) is 4.75. The molecule has 3 atom stereocenters. The van der Waals surface area contributed by atoms with Crippen molar-refractivity contribution in [3.8, 4) is 17.2 Å². The molecule has 1 aliphatic heterocycles. The molecule has 174 valence electrons. The first-order valence-electron chi connectivity index (χ1n) is 11.3. The summed E-state index contributed by atoms with van der Waals surface area (Å²) < 4.78 is 16.5. The van der Waals surface area contributed by atoms with Gasteiger partial charge in [0.2, 0.25) is 0 Å². The number of rotatable bonds is 5. The first-order valence-corrected chi connectivity index (χ1v) is 11.3. The molecule has 0 saturated heterocycles. The Bertz CT molecular complexity index is 1250. The van der Waals surface area contributed by atoms with Crippen LogP contribution in [0.15, 0.2) is 78.5 Å². The molecule has 1 heterocycles. The first-order chi connectivity index (χ1) is 16.6. The summed E-state index contributed by atoms with van der Waals surface area (Å²) >= 11 is 0. The number of methoxy groups -OCH3 is 3. The highest BCUT2D eigenvalue weighted by Gasteiger charge is 2.40. The average Bonchev–Trinajstić information content (AvgIpc) is 3.05. The highest BCUT2D eigenvalue weighted by molar-refractivity contribution is 5.90. The number of fused-ring (bicyclic) bond motifs is 2. The second-order valence-electron chi connectivity index (χ2n) is 8.53. The molecule has 0 bridgehead atoms. The van der Waals surface area contributed by atoms with Crippen LogP contribution in [0.25, 0.3) is 0 Å². The second kappa shape index (κ2) is 9.14. The van der Waals surface area contributed by atoms with E-state index < -0.39 is 0 Å². The molecular formula is C28H28N2O4. The molecule has 0 aromatic heterocycles. The Morgan fingerprint density at radius 3 is 2.26 bits per heavy atom. The van der Waals surface area contributed by atoms with Crippen LogP contribution in [0.4, 0.5) is 11.4 Å². The van der Waals surface area contributed by atoms with E-state index >= 15 is 0 Å². The number of hydrogen-bond donors (Lipinski definition) is 2. The largest absolute Gasteiger partial charge is 0.496 e. The van der Waals surface area contributed by atoms with Gasteiger partial charge in [-0.25, -0.2) is 0 Å². The van der Waals surface area contributed by atoms with Crippen molar-refractivity contribution < 1.29 is 19.0 Å². The van der Waals surface area contributed by atoms with Crippen LogP contribution >= 0.6 is 0 Å². The van der Waals surface area contributed by atoms with Crippen molar-refractivity contribution >= 4 is 17.2 Å². The Labute approximate surface area is 199 Å². The second-order valence-corrected chi connectivity index (χ2v) is 8.53. The molecule has 1 aliphatic carbocycles. The zero-order valence-corrected chi connectivity index (χ0v) is 19.5. The number of ketones is 1. The van der Waals surface area contributed by atoms with Crippen molar-refractivity contribution in [3.05, 3.63) is 89.6 Å². The Hall–Kier alpha value is -3.93. The van der Waals surface area contributed by atoms with Gasteiger partial charge in [-0.1, -0.05) is 42.5 Å². The molecule has 3 aromatic rings. The van der Waals surface area contributed by atoms with E-state index in [1.54, 1.807) is 21.3 Å². The van der Waals surface area contributed by atoms with E-state index in [1.807, 2.05) is 66.7 Å². The summed E-state index contributed by atoms with van der Waals surface area (Å²) in [6.07, 6.45) is 2.58. The van der Waals surface area contributed by atoms with Gasteiger partial charge < -0.3 is 24.8 Å². The lowest BCUT2D eigenvalue weighted by Gasteiger charge is -2.33. The topological polar surface area (TPSA) is 68.8 Å². The van der Waals surface area contributed by atoms with Crippen LogP contribution in [-0.4, -0.2) is 27.1 Å². The third-order valence-electron chi connectivity index (χ3n) is 6.64. The maximum Gasteiger partial charge on any atom is 0.161 e. The summed E-state index contributed by atoms with van der Waals surface area (Å²) in [6.45, 7) is 0. The van der Waals surface area contributed by atoms with E-state index in [-0.39, 0.29) is 23.7 Å². The van der Waals surface area contributed by atoms with Gasteiger partial charge in [-0.3, -0.25) is 4.79 Å². The van der Waals surface area contributed by atoms with Gasteiger partial charge in [0, 0.05) is 23.6 Å². The van der Waals surface area contributed by atoms with Gasteiger partial charge in [-0.2, -0.15) is 0 Å². The molecule has 0 spiro atoms. The van der Waals surface area contributed by atoms with Gasteiger partial charge >= 0.3 is 0 Å².